The SMILES string of the molecule is Cc1cc(-c2cccc3c2Cc2ccccc2-3)cc(C)c1OCCOCC1CO1. The van der Waals surface area contributed by atoms with E-state index in [1.165, 1.54) is 44.5 Å². The van der Waals surface area contributed by atoms with Crippen LogP contribution in [0.1, 0.15) is 22.3 Å². The van der Waals surface area contributed by atoms with Gasteiger partial charge in [-0.15, -0.1) is 0 Å². The van der Waals surface area contributed by atoms with Gasteiger partial charge in [0, 0.05) is 0 Å². The quantitative estimate of drug-likeness (QED) is 0.317. The lowest BCUT2D eigenvalue weighted by atomic mass is 9.93. The summed E-state index contributed by atoms with van der Waals surface area (Å²) in [6, 6.07) is 19.9. The summed E-state index contributed by atoms with van der Waals surface area (Å²) < 4.78 is 16.8. The van der Waals surface area contributed by atoms with Crippen LogP contribution in [0.15, 0.2) is 54.6 Å². The molecule has 1 aliphatic heterocycles. The van der Waals surface area contributed by atoms with Crippen LogP contribution in [0.5, 0.6) is 5.75 Å². The van der Waals surface area contributed by atoms with Crippen molar-refractivity contribution in [3.63, 3.8) is 0 Å². The third kappa shape index (κ3) is 3.68. The number of rotatable bonds is 7. The number of benzene rings is 3. The Morgan fingerprint density at radius 2 is 1.62 bits per heavy atom. The first kappa shape index (κ1) is 18.4. The van der Waals surface area contributed by atoms with E-state index in [0.29, 0.717) is 25.9 Å². The molecule has 0 bridgehead atoms. The van der Waals surface area contributed by atoms with Crippen LogP contribution in [0, 0.1) is 13.8 Å². The summed E-state index contributed by atoms with van der Waals surface area (Å²) in [5.74, 6) is 0.968. The third-order valence-corrected chi connectivity index (χ3v) is 5.80. The molecular weight excluding hydrogens is 360 g/mol. The highest BCUT2D eigenvalue weighted by Crippen LogP contribution is 2.42. The number of ether oxygens (including phenoxy) is 3. The molecular formula is C26H26O3. The minimum Gasteiger partial charge on any atom is -0.491 e. The van der Waals surface area contributed by atoms with Crippen LogP contribution < -0.4 is 4.74 Å². The Morgan fingerprint density at radius 3 is 2.41 bits per heavy atom. The van der Waals surface area contributed by atoms with Gasteiger partial charge in [0.15, 0.2) is 0 Å². The van der Waals surface area contributed by atoms with E-state index in [-0.39, 0.29) is 0 Å². The summed E-state index contributed by atoms with van der Waals surface area (Å²) >= 11 is 0. The van der Waals surface area contributed by atoms with Crippen LogP contribution in [-0.2, 0) is 15.9 Å². The van der Waals surface area contributed by atoms with Crippen molar-refractivity contribution in [2.45, 2.75) is 26.4 Å². The van der Waals surface area contributed by atoms with Gasteiger partial charge in [0.2, 0.25) is 0 Å². The Bertz CT molecular complexity index is 1030. The Balaban J connectivity index is 1.37. The Kier molecular flexibility index (Phi) is 4.86. The first-order chi connectivity index (χ1) is 14.2. The van der Waals surface area contributed by atoms with Gasteiger partial charge in [-0.05, 0) is 76.9 Å². The van der Waals surface area contributed by atoms with Gasteiger partial charge in [0.05, 0.1) is 19.8 Å². The number of aryl methyl sites for hydroxylation is 2. The van der Waals surface area contributed by atoms with Gasteiger partial charge < -0.3 is 14.2 Å². The van der Waals surface area contributed by atoms with Crippen LogP contribution in [0.25, 0.3) is 22.3 Å². The van der Waals surface area contributed by atoms with Crippen LogP contribution in [-0.4, -0.2) is 32.5 Å². The minimum atomic E-state index is 0.302. The minimum absolute atomic E-state index is 0.302. The van der Waals surface area contributed by atoms with Crippen molar-refractivity contribution in [2.75, 3.05) is 26.4 Å². The summed E-state index contributed by atoms with van der Waals surface area (Å²) in [5.41, 5.74) is 10.5. The molecule has 1 aliphatic carbocycles. The molecule has 1 heterocycles. The number of hydrogen-bond acceptors (Lipinski definition) is 3. The maximum Gasteiger partial charge on any atom is 0.125 e. The first-order valence-corrected chi connectivity index (χ1v) is 10.3. The first-order valence-electron chi connectivity index (χ1n) is 10.3. The molecule has 1 saturated heterocycles. The largest absolute Gasteiger partial charge is 0.491 e. The predicted octanol–water partition coefficient (Wildman–Crippen LogP) is 5.34. The van der Waals surface area contributed by atoms with Gasteiger partial charge in [-0.2, -0.15) is 0 Å². The topological polar surface area (TPSA) is 31.0 Å². The lowest BCUT2D eigenvalue weighted by molar-refractivity contribution is 0.0874. The van der Waals surface area contributed by atoms with Crippen LogP contribution in [0.4, 0.5) is 0 Å². The van der Waals surface area contributed by atoms with E-state index in [9.17, 15) is 0 Å². The normalized spacial score (nSPS) is 16.4. The third-order valence-electron chi connectivity index (χ3n) is 5.80. The van der Waals surface area contributed by atoms with E-state index >= 15 is 0 Å². The Morgan fingerprint density at radius 1 is 0.897 bits per heavy atom. The monoisotopic (exact) mass is 386 g/mol. The molecule has 0 saturated carbocycles. The standard InChI is InChI=1S/C26H26O3/c1-17-12-20(13-18(2)26(17)28-11-10-27-15-21-16-29-21)23-8-5-9-24-22-7-4-3-6-19(22)14-25(23)24/h3-9,12-13,21H,10-11,14-16H2,1-2H3. The molecule has 1 fully saturated rings. The Labute approximate surface area is 172 Å². The van der Waals surface area contributed by atoms with E-state index in [2.05, 4.69) is 68.4 Å². The van der Waals surface area contributed by atoms with E-state index in [4.69, 9.17) is 14.2 Å². The van der Waals surface area contributed by atoms with Gasteiger partial charge in [-0.25, -0.2) is 0 Å². The molecule has 0 radical (unpaired) electrons. The van der Waals surface area contributed by atoms with E-state index < -0.39 is 0 Å². The van der Waals surface area contributed by atoms with Crippen molar-refractivity contribution in [3.05, 3.63) is 76.9 Å². The van der Waals surface area contributed by atoms with E-state index in [1.807, 2.05) is 0 Å². The fourth-order valence-electron chi connectivity index (χ4n) is 4.34. The zero-order valence-electron chi connectivity index (χ0n) is 17.0. The summed E-state index contributed by atoms with van der Waals surface area (Å²) in [6.07, 6.45) is 1.30. The molecule has 5 rings (SSSR count). The highest BCUT2D eigenvalue weighted by Gasteiger charge is 2.23. The summed E-state index contributed by atoms with van der Waals surface area (Å²) in [7, 11) is 0. The van der Waals surface area contributed by atoms with Gasteiger partial charge in [0.1, 0.15) is 18.5 Å². The van der Waals surface area contributed by atoms with Crippen molar-refractivity contribution >= 4 is 0 Å². The van der Waals surface area contributed by atoms with Gasteiger partial charge in [-0.3, -0.25) is 0 Å². The molecule has 0 N–H and O–H groups in total. The maximum atomic E-state index is 6.04. The summed E-state index contributed by atoms with van der Waals surface area (Å²) in [5, 5.41) is 0. The molecule has 29 heavy (non-hydrogen) atoms. The highest BCUT2D eigenvalue weighted by atomic mass is 16.6. The molecule has 1 atom stereocenters. The van der Waals surface area contributed by atoms with Crippen molar-refractivity contribution in [2.24, 2.45) is 0 Å². The average Bonchev–Trinajstić information content (AvgIpc) is 3.47. The fraction of sp³-hybridized carbons (Fsp3) is 0.308. The lowest BCUT2D eigenvalue weighted by Crippen LogP contribution is -2.11. The zero-order valence-corrected chi connectivity index (χ0v) is 17.0. The molecule has 3 aromatic carbocycles. The fourth-order valence-corrected chi connectivity index (χ4v) is 4.34. The van der Waals surface area contributed by atoms with E-state index in [1.54, 1.807) is 0 Å². The molecule has 3 aromatic rings. The Hall–Kier alpha value is -2.62. The second-order valence-corrected chi connectivity index (χ2v) is 7.98. The maximum absolute atomic E-state index is 6.04. The van der Waals surface area contributed by atoms with Crippen LogP contribution >= 0.6 is 0 Å². The second kappa shape index (κ2) is 7.66. The molecule has 0 spiro atoms. The molecule has 0 aromatic heterocycles. The highest BCUT2D eigenvalue weighted by molar-refractivity contribution is 5.85. The van der Waals surface area contributed by atoms with Crippen LogP contribution in [0.2, 0.25) is 0 Å². The van der Waals surface area contributed by atoms with E-state index in [0.717, 1.165) is 18.8 Å². The second-order valence-electron chi connectivity index (χ2n) is 7.98. The predicted molar refractivity (Wildman–Crippen MR) is 116 cm³/mol. The molecule has 3 nitrogen and oxygen atoms in total. The molecule has 2 aliphatic rings. The van der Waals surface area contributed by atoms with Crippen molar-refractivity contribution in [3.8, 4) is 28.0 Å². The van der Waals surface area contributed by atoms with Crippen molar-refractivity contribution in [1.82, 2.24) is 0 Å². The van der Waals surface area contributed by atoms with Gasteiger partial charge in [-0.1, -0.05) is 42.5 Å². The molecule has 0 amide bonds. The van der Waals surface area contributed by atoms with Gasteiger partial charge >= 0.3 is 0 Å². The zero-order chi connectivity index (χ0) is 19.8. The number of epoxide rings is 1. The van der Waals surface area contributed by atoms with Gasteiger partial charge in [0.25, 0.3) is 0 Å². The smallest absolute Gasteiger partial charge is 0.125 e. The number of hydrogen-bond donors (Lipinski definition) is 0. The van der Waals surface area contributed by atoms with Crippen LogP contribution in [0.3, 0.4) is 0 Å². The summed E-state index contributed by atoms with van der Waals surface area (Å²) in [6.45, 7) is 6.90. The average molecular weight is 386 g/mol. The summed E-state index contributed by atoms with van der Waals surface area (Å²) in [4.78, 5) is 0. The molecule has 148 valence electrons. The molecule has 1 unspecified atom stereocenters. The number of fused-ring (bicyclic) bond motifs is 3. The van der Waals surface area contributed by atoms with Crippen molar-refractivity contribution < 1.29 is 14.2 Å². The molecule has 3 heteroatoms. The van der Waals surface area contributed by atoms with Crippen molar-refractivity contribution in [1.29, 1.82) is 0 Å². The lowest BCUT2D eigenvalue weighted by Gasteiger charge is -2.16.